The van der Waals surface area contributed by atoms with Gasteiger partial charge >= 0.3 is 0 Å². The van der Waals surface area contributed by atoms with Gasteiger partial charge in [0.1, 0.15) is 5.69 Å². The van der Waals surface area contributed by atoms with E-state index in [9.17, 15) is 4.79 Å². The van der Waals surface area contributed by atoms with Gasteiger partial charge in [-0.2, -0.15) is 0 Å². The second kappa shape index (κ2) is 3.19. The highest BCUT2D eigenvalue weighted by Crippen LogP contribution is 2.20. The number of halogens is 2. The number of nitrogens with zero attached hydrogens (tertiary/aromatic N) is 1. The van der Waals surface area contributed by atoms with Crippen LogP contribution in [0.1, 0.15) is 10.5 Å². The van der Waals surface area contributed by atoms with E-state index in [0.717, 1.165) is 0 Å². The third-order valence-corrected chi connectivity index (χ3v) is 2.25. The molecule has 58 valence electrons. The average molecular weight is 235 g/mol. The molecule has 1 aromatic heterocycles. The summed E-state index contributed by atoms with van der Waals surface area (Å²) in [5, 5.41) is 0.454. The van der Waals surface area contributed by atoms with E-state index in [2.05, 4.69) is 20.9 Å². The minimum absolute atomic E-state index is 0.196. The number of amides is 1. The lowest BCUT2D eigenvalue weighted by atomic mass is 10.3. The Hall–Kier alpha value is -0.610. The van der Waals surface area contributed by atoms with Crippen LogP contribution in [-0.4, -0.2) is 10.9 Å². The summed E-state index contributed by atoms with van der Waals surface area (Å²) >= 11 is 8.76. The fourth-order valence-electron chi connectivity index (χ4n) is 0.549. The van der Waals surface area contributed by atoms with Gasteiger partial charge in [-0.15, -0.1) is 0 Å². The van der Waals surface area contributed by atoms with Crippen molar-refractivity contribution in [2.45, 2.75) is 0 Å². The van der Waals surface area contributed by atoms with Crippen LogP contribution in [0.2, 0.25) is 5.02 Å². The van der Waals surface area contributed by atoms with Crippen LogP contribution in [-0.2, 0) is 0 Å². The molecule has 1 amide bonds. The first-order valence-corrected chi connectivity index (χ1v) is 3.89. The summed E-state index contributed by atoms with van der Waals surface area (Å²) in [4.78, 5) is 14.3. The maximum absolute atomic E-state index is 10.6. The normalized spacial score (nSPS) is 9.64. The summed E-state index contributed by atoms with van der Waals surface area (Å²) in [6.07, 6.45) is 1.37. The van der Waals surface area contributed by atoms with Gasteiger partial charge in [-0.05, 0) is 22.0 Å². The SMILES string of the molecule is NC(=O)c1cc(Br)c(Cl)cn1. The Labute approximate surface area is 76.7 Å². The first-order valence-electron chi connectivity index (χ1n) is 2.72. The van der Waals surface area contributed by atoms with Crippen molar-refractivity contribution in [2.75, 3.05) is 0 Å². The van der Waals surface area contributed by atoms with Crippen LogP contribution < -0.4 is 5.73 Å². The van der Waals surface area contributed by atoms with Crippen molar-refractivity contribution in [3.63, 3.8) is 0 Å². The lowest BCUT2D eigenvalue weighted by Crippen LogP contribution is -2.12. The number of hydrogen-bond donors (Lipinski definition) is 1. The molecule has 0 radical (unpaired) electrons. The molecule has 0 aliphatic heterocycles. The number of aromatic nitrogens is 1. The largest absolute Gasteiger partial charge is 0.364 e. The predicted molar refractivity (Wildman–Crippen MR) is 45.5 cm³/mol. The molecule has 5 heteroatoms. The van der Waals surface area contributed by atoms with E-state index < -0.39 is 5.91 Å². The van der Waals surface area contributed by atoms with Crippen LogP contribution in [0, 0.1) is 0 Å². The molecule has 0 saturated carbocycles. The van der Waals surface area contributed by atoms with Crippen LogP contribution in [0.5, 0.6) is 0 Å². The van der Waals surface area contributed by atoms with Crippen molar-refractivity contribution < 1.29 is 4.79 Å². The van der Waals surface area contributed by atoms with Gasteiger partial charge < -0.3 is 5.73 Å². The molecular weight excluding hydrogens is 231 g/mol. The van der Waals surface area contributed by atoms with Gasteiger partial charge in [0.2, 0.25) is 0 Å². The summed E-state index contributed by atoms with van der Waals surface area (Å²) in [6.45, 7) is 0. The van der Waals surface area contributed by atoms with Crippen LogP contribution >= 0.6 is 27.5 Å². The molecule has 0 aliphatic rings. The van der Waals surface area contributed by atoms with Crippen molar-refractivity contribution >= 4 is 33.4 Å². The van der Waals surface area contributed by atoms with Crippen LogP contribution in [0.4, 0.5) is 0 Å². The topological polar surface area (TPSA) is 56.0 Å². The van der Waals surface area contributed by atoms with Crippen molar-refractivity contribution in [1.82, 2.24) is 4.98 Å². The summed E-state index contributed by atoms with van der Waals surface area (Å²) in [5.74, 6) is -0.567. The number of carbonyl (C=O) groups is 1. The molecule has 0 spiro atoms. The molecule has 3 nitrogen and oxygen atoms in total. The smallest absolute Gasteiger partial charge is 0.267 e. The number of pyridine rings is 1. The lowest BCUT2D eigenvalue weighted by Gasteiger charge is -1.96. The molecule has 0 aromatic carbocycles. The summed E-state index contributed by atoms with van der Waals surface area (Å²) in [6, 6.07) is 1.48. The minimum atomic E-state index is -0.567. The van der Waals surface area contributed by atoms with Gasteiger partial charge in [0.25, 0.3) is 5.91 Å². The van der Waals surface area contributed by atoms with E-state index in [1.165, 1.54) is 12.3 Å². The highest BCUT2D eigenvalue weighted by atomic mass is 79.9. The standard InChI is InChI=1S/C6H4BrClN2O/c7-3-1-5(6(9)11)10-2-4(3)8/h1-2H,(H2,9,11). The highest BCUT2D eigenvalue weighted by Gasteiger charge is 2.04. The van der Waals surface area contributed by atoms with Gasteiger partial charge in [0.15, 0.2) is 0 Å². The number of nitrogens with two attached hydrogens (primary N) is 1. The van der Waals surface area contributed by atoms with Gasteiger partial charge in [0, 0.05) is 10.7 Å². The zero-order valence-electron chi connectivity index (χ0n) is 5.34. The van der Waals surface area contributed by atoms with Crippen LogP contribution in [0.3, 0.4) is 0 Å². The highest BCUT2D eigenvalue weighted by molar-refractivity contribution is 9.10. The molecule has 0 atom stereocenters. The zero-order chi connectivity index (χ0) is 8.43. The average Bonchev–Trinajstić information content (AvgIpc) is 1.94. The fraction of sp³-hybridized carbons (Fsp3) is 0. The third-order valence-electron chi connectivity index (χ3n) is 1.06. The maximum atomic E-state index is 10.6. The number of hydrogen-bond acceptors (Lipinski definition) is 2. The molecule has 2 N–H and O–H groups in total. The summed E-state index contributed by atoms with van der Waals surface area (Å²) in [7, 11) is 0. The minimum Gasteiger partial charge on any atom is -0.364 e. The van der Waals surface area contributed by atoms with Gasteiger partial charge in [-0.3, -0.25) is 4.79 Å². The van der Waals surface area contributed by atoms with Crippen molar-refractivity contribution in [3.05, 3.63) is 27.5 Å². The molecule has 0 bridgehead atoms. The molecular formula is C6H4BrClN2O. The first kappa shape index (κ1) is 8.49. The van der Waals surface area contributed by atoms with Crippen molar-refractivity contribution in [2.24, 2.45) is 5.73 Å². The third kappa shape index (κ3) is 1.91. The molecule has 1 rings (SSSR count). The molecule has 11 heavy (non-hydrogen) atoms. The van der Waals surface area contributed by atoms with Crippen LogP contribution in [0.15, 0.2) is 16.7 Å². The van der Waals surface area contributed by atoms with E-state index >= 15 is 0 Å². The number of primary amides is 1. The summed E-state index contributed by atoms with van der Waals surface area (Å²) < 4.78 is 0.614. The Kier molecular flexibility index (Phi) is 2.46. The number of carbonyl (C=O) groups excluding carboxylic acids is 1. The summed E-state index contributed by atoms with van der Waals surface area (Å²) in [5.41, 5.74) is 5.16. The fourth-order valence-corrected chi connectivity index (χ4v) is 0.971. The Morgan fingerprint density at radius 3 is 2.82 bits per heavy atom. The molecule has 0 saturated heterocycles. The zero-order valence-corrected chi connectivity index (χ0v) is 7.69. The van der Waals surface area contributed by atoms with Gasteiger partial charge in [-0.1, -0.05) is 11.6 Å². The second-order valence-corrected chi connectivity index (χ2v) is 3.11. The number of rotatable bonds is 1. The van der Waals surface area contributed by atoms with E-state index in [0.29, 0.717) is 9.50 Å². The molecule has 0 aliphatic carbocycles. The Bertz CT molecular complexity index is 303. The van der Waals surface area contributed by atoms with E-state index in [1.807, 2.05) is 0 Å². The van der Waals surface area contributed by atoms with E-state index in [4.69, 9.17) is 17.3 Å². The van der Waals surface area contributed by atoms with Gasteiger partial charge in [0.05, 0.1) is 5.02 Å². The quantitative estimate of drug-likeness (QED) is 0.804. The Morgan fingerprint density at radius 2 is 2.36 bits per heavy atom. The maximum Gasteiger partial charge on any atom is 0.267 e. The molecule has 0 fully saturated rings. The Morgan fingerprint density at radius 1 is 1.73 bits per heavy atom. The lowest BCUT2D eigenvalue weighted by molar-refractivity contribution is 0.0995. The van der Waals surface area contributed by atoms with Crippen molar-refractivity contribution in [1.29, 1.82) is 0 Å². The van der Waals surface area contributed by atoms with E-state index in [-0.39, 0.29) is 5.69 Å². The second-order valence-electron chi connectivity index (χ2n) is 1.85. The van der Waals surface area contributed by atoms with Crippen LogP contribution in [0.25, 0.3) is 0 Å². The van der Waals surface area contributed by atoms with E-state index in [1.54, 1.807) is 0 Å². The van der Waals surface area contributed by atoms with Crippen molar-refractivity contribution in [3.8, 4) is 0 Å². The Balaban J connectivity index is 3.15. The molecule has 1 heterocycles. The monoisotopic (exact) mass is 234 g/mol. The molecule has 1 aromatic rings. The first-order chi connectivity index (χ1) is 5.11. The molecule has 0 unspecified atom stereocenters. The predicted octanol–water partition coefficient (Wildman–Crippen LogP) is 1.60. The van der Waals surface area contributed by atoms with Gasteiger partial charge in [-0.25, -0.2) is 4.98 Å².